The number of amides is 2. The number of benzene rings is 1. The summed E-state index contributed by atoms with van der Waals surface area (Å²) in [5, 5.41) is 5.92. The van der Waals surface area contributed by atoms with Crippen molar-refractivity contribution >= 4 is 39.3 Å². The molecule has 1 heterocycles. The summed E-state index contributed by atoms with van der Waals surface area (Å²) in [7, 11) is 0. The van der Waals surface area contributed by atoms with Crippen LogP contribution in [0.25, 0.3) is 0 Å². The first kappa shape index (κ1) is 16.6. The minimum atomic E-state index is -0.444. The Morgan fingerprint density at radius 3 is 2.50 bits per heavy atom. The van der Waals surface area contributed by atoms with Gasteiger partial charge in [0.2, 0.25) is 5.91 Å². The molecule has 7 heteroatoms. The smallest absolute Gasteiger partial charge is 0.287 e. The SMILES string of the molecule is CC(NC(=O)CNC(=O)c1ccc(Br)o1)c1ccc(Cl)cc1. The molecule has 0 radical (unpaired) electrons. The fourth-order valence-corrected chi connectivity index (χ4v) is 2.24. The summed E-state index contributed by atoms with van der Waals surface area (Å²) < 4.78 is 5.56. The lowest BCUT2D eigenvalue weighted by Crippen LogP contribution is -2.37. The lowest BCUT2D eigenvalue weighted by Gasteiger charge is -2.14. The molecule has 0 saturated heterocycles. The van der Waals surface area contributed by atoms with E-state index in [0.717, 1.165) is 5.56 Å². The van der Waals surface area contributed by atoms with Crippen molar-refractivity contribution in [1.29, 1.82) is 0 Å². The van der Waals surface area contributed by atoms with Crippen molar-refractivity contribution in [2.75, 3.05) is 6.54 Å². The Kier molecular flexibility index (Phi) is 5.63. The second-order valence-corrected chi connectivity index (χ2v) is 5.85. The third kappa shape index (κ3) is 4.61. The molecule has 2 amide bonds. The van der Waals surface area contributed by atoms with E-state index in [9.17, 15) is 9.59 Å². The lowest BCUT2D eigenvalue weighted by molar-refractivity contribution is -0.120. The summed E-state index contributed by atoms with van der Waals surface area (Å²) in [4.78, 5) is 23.6. The van der Waals surface area contributed by atoms with Gasteiger partial charge in [0.25, 0.3) is 5.91 Å². The topological polar surface area (TPSA) is 71.3 Å². The van der Waals surface area contributed by atoms with Crippen molar-refractivity contribution in [1.82, 2.24) is 10.6 Å². The number of rotatable bonds is 5. The lowest BCUT2D eigenvalue weighted by atomic mass is 10.1. The first-order valence-corrected chi connectivity index (χ1v) is 7.71. The van der Waals surface area contributed by atoms with Gasteiger partial charge in [-0.05, 0) is 52.7 Å². The molecule has 2 N–H and O–H groups in total. The van der Waals surface area contributed by atoms with Gasteiger partial charge in [-0.25, -0.2) is 0 Å². The van der Waals surface area contributed by atoms with Crippen LogP contribution in [0, 0.1) is 0 Å². The third-order valence-corrected chi connectivity index (χ3v) is 3.63. The van der Waals surface area contributed by atoms with Crippen LogP contribution in [0.2, 0.25) is 5.02 Å². The van der Waals surface area contributed by atoms with Crippen molar-refractivity contribution < 1.29 is 14.0 Å². The van der Waals surface area contributed by atoms with E-state index in [0.29, 0.717) is 9.69 Å². The normalized spacial score (nSPS) is 11.8. The molecule has 0 saturated carbocycles. The van der Waals surface area contributed by atoms with Crippen LogP contribution in [0.4, 0.5) is 0 Å². The van der Waals surface area contributed by atoms with Crippen LogP contribution in [0.5, 0.6) is 0 Å². The average Bonchev–Trinajstić information content (AvgIpc) is 2.92. The predicted molar refractivity (Wildman–Crippen MR) is 86.8 cm³/mol. The van der Waals surface area contributed by atoms with Gasteiger partial charge < -0.3 is 15.1 Å². The van der Waals surface area contributed by atoms with Crippen LogP contribution in [0.1, 0.15) is 29.1 Å². The molecule has 0 bridgehead atoms. The highest BCUT2D eigenvalue weighted by atomic mass is 79.9. The van der Waals surface area contributed by atoms with Crippen LogP contribution >= 0.6 is 27.5 Å². The van der Waals surface area contributed by atoms with E-state index in [1.54, 1.807) is 18.2 Å². The van der Waals surface area contributed by atoms with E-state index in [2.05, 4.69) is 26.6 Å². The summed E-state index contributed by atoms with van der Waals surface area (Å²) in [6, 6.07) is 10.1. The minimum Gasteiger partial charge on any atom is -0.444 e. The van der Waals surface area contributed by atoms with Crippen LogP contribution in [-0.2, 0) is 4.79 Å². The van der Waals surface area contributed by atoms with Crippen LogP contribution in [-0.4, -0.2) is 18.4 Å². The predicted octanol–water partition coefficient (Wildman–Crippen LogP) is 3.30. The molecule has 5 nitrogen and oxygen atoms in total. The molecular formula is C15H14BrClN2O3. The molecule has 0 spiro atoms. The highest BCUT2D eigenvalue weighted by molar-refractivity contribution is 9.10. The summed E-state index contributed by atoms with van der Waals surface area (Å²) in [6.07, 6.45) is 0. The van der Waals surface area contributed by atoms with Gasteiger partial charge in [0.15, 0.2) is 10.4 Å². The standard InChI is InChI=1S/C15H14BrClN2O3/c1-9(10-2-4-11(17)5-3-10)19-14(20)8-18-15(21)12-6-7-13(16)22-12/h2-7,9H,8H2,1H3,(H,18,21)(H,19,20). The van der Waals surface area contributed by atoms with E-state index in [-0.39, 0.29) is 24.3 Å². The zero-order valence-electron chi connectivity index (χ0n) is 11.7. The molecular weight excluding hydrogens is 372 g/mol. The summed E-state index contributed by atoms with van der Waals surface area (Å²) >= 11 is 8.93. The Labute approximate surface area is 141 Å². The number of furan rings is 1. The number of carbonyl (C=O) groups excluding carboxylic acids is 2. The highest BCUT2D eigenvalue weighted by Gasteiger charge is 2.13. The highest BCUT2D eigenvalue weighted by Crippen LogP contribution is 2.16. The monoisotopic (exact) mass is 384 g/mol. The van der Waals surface area contributed by atoms with Gasteiger partial charge >= 0.3 is 0 Å². The molecule has 0 fully saturated rings. The van der Waals surface area contributed by atoms with Gasteiger partial charge in [-0.15, -0.1) is 0 Å². The fraction of sp³-hybridized carbons (Fsp3) is 0.200. The van der Waals surface area contributed by atoms with Crippen LogP contribution in [0.3, 0.4) is 0 Å². The van der Waals surface area contributed by atoms with E-state index in [1.807, 2.05) is 19.1 Å². The average molecular weight is 386 g/mol. The second kappa shape index (κ2) is 7.47. The third-order valence-electron chi connectivity index (χ3n) is 2.95. The molecule has 0 aliphatic rings. The zero-order valence-corrected chi connectivity index (χ0v) is 14.1. The summed E-state index contributed by atoms with van der Waals surface area (Å²) in [6.45, 7) is 1.72. The Balaban J connectivity index is 1.82. The van der Waals surface area contributed by atoms with E-state index in [4.69, 9.17) is 16.0 Å². The Morgan fingerprint density at radius 1 is 1.23 bits per heavy atom. The number of hydrogen-bond acceptors (Lipinski definition) is 3. The Bertz CT molecular complexity index is 670. The van der Waals surface area contributed by atoms with Gasteiger partial charge in [0.05, 0.1) is 12.6 Å². The number of hydrogen-bond donors (Lipinski definition) is 2. The first-order chi connectivity index (χ1) is 10.5. The summed E-state index contributed by atoms with van der Waals surface area (Å²) in [5.74, 6) is -0.591. The molecule has 2 aromatic rings. The quantitative estimate of drug-likeness (QED) is 0.829. The Hall–Kier alpha value is -1.79. The van der Waals surface area contributed by atoms with E-state index < -0.39 is 5.91 Å². The van der Waals surface area contributed by atoms with E-state index >= 15 is 0 Å². The fourth-order valence-electron chi connectivity index (χ4n) is 1.81. The van der Waals surface area contributed by atoms with Gasteiger partial charge in [-0.3, -0.25) is 9.59 Å². The van der Waals surface area contributed by atoms with Crippen molar-refractivity contribution in [3.63, 3.8) is 0 Å². The molecule has 116 valence electrons. The largest absolute Gasteiger partial charge is 0.444 e. The van der Waals surface area contributed by atoms with Crippen molar-refractivity contribution in [2.45, 2.75) is 13.0 Å². The maximum atomic E-state index is 11.8. The molecule has 0 aliphatic carbocycles. The van der Waals surface area contributed by atoms with Crippen molar-refractivity contribution in [2.24, 2.45) is 0 Å². The zero-order chi connectivity index (χ0) is 16.1. The molecule has 1 aromatic carbocycles. The van der Waals surface area contributed by atoms with Gasteiger partial charge in [0, 0.05) is 5.02 Å². The van der Waals surface area contributed by atoms with Crippen molar-refractivity contribution in [3.05, 3.63) is 57.4 Å². The number of carbonyl (C=O) groups is 2. The minimum absolute atomic E-state index is 0.130. The van der Waals surface area contributed by atoms with Gasteiger partial charge in [-0.2, -0.15) is 0 Å². The van der Waals surface area contributed by atoms with Crippen LogP contribution < -0.4 is 10.6 Å². The van der Waals surface area contributed by atoms with Gasteiger partial charge in [0.1, 0.15) is 0 Å². The molecule has 2 rings (SSSR count). The first-order valence-electron chi connectivity index (χ1n) is 6.54. The summed E-state index contributed by atoms with van der Waals surface area (Å²) in [5.41, 5.74) is 0.930. The molecule has 22 heavy (non-hydrogen) atoms. The molecule has 1 aromatic heterocycles. The maximum Gasteiger partial charge on any atom is 0.287 e. The van der Waals surface area contributed by atoms with Crippen LogP contribution in [0.15, 0.2) is 45.5 Å². The molecule has 0 aliphatic heterocycles. The Morgan fingerprint density at radius 2 is 1.91 bits per heavy atom. The van der Waals surface area contributed by atoms with Gasteiger partial charge in [-0.1, -0.05) is 23.7 Å². The molecule has 1 unspecified atom stereocenters. The maximum absolute atomic E-state index is 11.8. The molecule has 1 atom stereocenters. The number of halogens is 2. The number of nitrogens with one attached hydrogen (secondary N) is 2. The van der Waals surface area contributed by atoms with E-state index in [1.165, 1.54) is 6.07 Å². The van der Waals surface area contributed by atoms with Crippen molar-refractivity contribution in [3.8, 4) is 0 Å². The second-order valence-electron chi connectivity index (χ2n) is 4.63.